The first kappa shape index (κ1) is 13.3. The topological polar surface area (TPSA) is 36.0 Å². The molecule has 3 rings (SSSR count). The number of halogens is 1. The smallest absolute Gasteiger partial charge is 0.121 e. The van der Waals surface area contributed by atoms with Gasteiger partial charge in [-0.15, -0.1) is 0 Å². The lowest BCUT2D eigenvalue weighted by atomic mass is 10.0. The second kappa shape index (κ2) is 4.67. The Bertz CT molecular complexity index is 794. The maximum absolute atomic E-state index is 9.91. The van der Waals surface area contributed by atoms with Gasteiger partial charge >= 0.3 is 0 Å². The summed E-state index contributed by atoms with van der Waals surface area (Å²) in [4.78, 5) is 3.48. The molecule has 0 saturated heterocycles. The number of rotatable bonds is 1. The lowest BCUT2D eigenvalue weighted by molar-refractivity contribution is 0.467. The highest BCUT2D eigenvalue weighted by Crippen LogP contribution is 2.34. The van der Waals surface area contributed by atoms with Gasteiger partial charge in [-0.05, 0) is 67.3 Å². The van der Waals surface area contributed by atoms with Crippen LogP contribution in [0.1, 0.15) is 16.7 Å². The average molecular weight is 330 g/mol. The molecule has 0 saturated carbocycles. The van der Waals surface area contributed by atoms with Crippen molar-refractivity contribution in [3.63, 3.8) is 0 Å². The number of phenols is 1. The molecule has 0 aliphatic heterocycles. The van der Waals surface area contributed by atoms with Gasteiger partial charge in [0.2, 0.25) is 0 Å². The molecule has 3 heteroatoms. The molecule has 0 fully saturated rings. The Balaban J connectivity index is 2.27. The Kier molecular flexibility index (Phi) is 3.09. The van der Waals surface area contributed by atoms with E-state index in [0.717, 1.165) is 32.4 Å². The van der Waals surface area contributed by atoms with Gasteiger partial charge in [0, 0.05) is 21.1 Å². The zero-order chi connectivity index (χ0) is 14.4. The minimum Gasteiger partial charge on any atom is -0.507 e. The molecule has 2 aromatic carbocycles. The molecule has 3 aromatic rings. The number of benzene rings is 2. The van der Waals surface area contributed by atoms with E-state index in [1.807, 2.05) is 26.0 Å². The van der Waals surface area contributed by atoms with Crippen molar-refractivity contribution in [1.29, 1.82) is 0 Å². The zero-order valence-corrected chi connectivity index (χ0v) is 13.3. The third-order valence-electron chi connectivity index (χ3n) is 3.80. The van der Waals surface area contributed by atoms with Crippen LogP contribution in [0.2, 0.25) is 0 Å². The summed E-state index contributed by atoms with van der Waals surface area (Å²) >= 11 is 3.50. The predicted molar refractivity (Wildman–Crippen MR) is 87.3 cm³/mol. The van der Waals surface area contributed by atoms with E-state index in [-0.39, 0.29) is 0 Å². The van der Waals surface area contributed by atoms with Gasteiger partial charge < -0.3 is 10.1 Å². The van der Waals surface area contributed by atoms with E-state index >= 15 is 0 Å². The monoisotopic (exact) mass is 329 g/mol. The fraction of sp³-hybridized carbons (Fsp3) is 0.176. The molecular formula is C17H16BrNO. The normalized spacial score (nSPS) is 11.2. The van der Waals surface area contributed by atoms with Gasteiger partial charge in [0.1, 0.15) is 5.75 Å². The summed E-state index contributed by atoms with van der Waals surface area (Å²) < 4.78 is 1.07. The summed E-state index contributed by atoms with van der Waals surface area (Å²) in [5.74, 6) is 0.380. The number of aryl methyl sites for hydroxylation is 3. The van der Waals surface area contributed by atoms with E-state index in [2.05, 4.69) is 46.0 Å². The lowest BCUT2D eigenvalue weighted by Crippen LogP contribution is -1.86. The quantitative estimate of drug-likeness (QED) is 0.630. The SMILES string of the molecule is Cc1cc(-c2[nH]c3cc(Br)ccc3c2C)cc(C)c1O. The Labute approximate surface area is 126 Å². The van der Waals surface area contributed by atoms with Crippen molar-refractivity contribution in [3.8, 4) is 17.0 Å². The molecule has 0 aliphatic carbocycles. The Morgan fingerprint density at radius 1 is 1.00 bits per heavy atom. The molecule has 2 N–H and O–H groups in total. The van der Waals surface area contributed by atoms with Gasteiger partial charge in [0.15, 0.2) is 0 Å². The van der Waals surface area contributed by atoms with E-state index in [0.29, 0.717) is 5.75 Å². The molecule has 0 aliphatic rings. The van der Waals surface area contributed by atoms with Crippen molar-refractivity contribution in [2.45, 2.75) is 20.8 Å². The van der Waals surface area contributed by atoms with Crippen LogP contribution >= 0.6 is 15.9 Å². The van der Waals surface area contributed by atoms with E-state index in [9.17, 15) is 5.11 Å². The van der Waals surface area contributed by atoms with Crippen LogP contribution < -0.4 is 0 Å². The highest BCUT2D eigenvalue weighted by atomic mass is 79.9. The van der Waals surface area contributed by atoms with Crippen LogP contribution in [0.4, 0.5) is 0 Å². The number of H-pyrrole nitrogens is 1. The van der Waals surface area contributed by atoms with Crippen LogP contribution in [0.15, 0.2) is 34.8 Å². The van der Waals surface area contributed by atoms with E-state index in [1.165, 1.54) is 10.9 Å². The first-order valence-electron chi connectivity index (χ1n) is 6.56. The standard InChI is InChI=1S/C17H16BrNO/c1-9-6-12(7-10(2)17(9)20)16-11(3)14-5-4-13(18)8-15(14)19-16/h4-8,19-20H,1-3H3. The van der Waals surface area contributed by atoms with Crippen molar-refractivity contribution < 1.29 is 5.11 Å². The van der Waals surface area contributed by atoms with Crippen molar-refractivity contribution in [1.82, 2.24) is 4.98 Å². The second-order valence-electron chi connectivity index (χ2n) is 5.27. The maximum Gasteiger partial charge on any atom is 0.121 e. The Morgan fingerprint density at radius 2 is 1.65 bits per heavy atom. The van der Waals surface area contributed by atoms with Crippen molar-refractivity contribution >= 4 is 26.8 Å². The van der Waals surface area contributed by atoms with Gasteiger partial charge in [-0.2, -0.15) is 0 Å². The number of aromatic nitrogens is 1. The summed E-state index contributed by atoms with van der Waals surface area (Å²) in [6, 6.07) is 10.3. The van der Waals surface area contributed by atoms with Gasteiger partial charge in [0.05, 0.1) is 0 Å². The fourth-order valence-electron chi connectivity index (χ4n) is 2.70. The predicted octanol–water partition coefficient (Wildman–Crippen LogP) is 5.23. The average Bonchev–Trinajstić information content (AvgIpc) is 2.72. The lowest BCUT2D eigenvalue weighted by Gasteiger charge is -2.07. The number of hydrogen-bond acceptors (Lipinski definition) is 1. The molecular weight excluding hydrogens is 314 g/mol. The molecule has 102 valence electrons. The molecule has 0 radical (unpaired) electrons. The van der Waals surface area contributed by atoms with Crippen LogP contribution in [0.3, 0.4) is 0 Å². The highest BCUT2D eigenvalue weighted by molar-refractivity contribution is 9.10. The zero-order valence-electron chi connectivity index (χ0n) is 11.7. The largest absolute Gasteiger partial charge is 0.507 e. The number of phenolic OH excluding ortho intramolecular Hbond substituents is 1. The molecule has 1 heterocycles. The minimum absolute atomic E-state index is 0.380. The molecule has 0 unspecified atom stereocenters. The summed E-state index contributed by atoms with van der Waals surface area (Å²) in [6.45, 7) is 5.99. The Morgan fingerprint density at radius 3 is 2.30 bits per heavy atom. The molecule has 1 aromatic heterocycles. The number of aromatic amines is 1. The molecule has 0 amide bonds. The number of nitrogens with one attached hydrogen (secondary N) is 1. The summed E-state index contributed by atoms with van der Waals surface area (Å²) in [5.41, 5.74) is 6.39. The van der Waals surface area contributed by atoms with Crippen LogP contribution in [0.5, 0.6) is 5.75 Å². The summed E-state index contributed by atoms with van der Waals surface area (Å²) in [7, 11) is 0. The minimum atomic E-state index is 0.380. The Hall–Kier alpha value is -1.74. The van der Waals surface area contributed by atoms with Gasteiger partial charge in [0.25, 0.3) is 0 Å². The number of fused-ring (bicyclic) bond motifs is 1. The summed E-state index contributed by atoms with van der Waals surface area (Å²) in [5, 5.41) is 11.1. The van der Waals surface area contributed by atoms with Gasteiger partial charge in [-0.25, -0.2) is 0 Å². The van der Waals surface area contributed by atoms with Crippen molar-refractivity contribution in [2.75, 3.05) is 0 Å². The fourth-order valence-corrected chi connectivity index (χ4v) is 3.06. The first-order valence-corrected chi connectivity index (χ1v) is 7.35. The number of aromatic hydroxyl groups is 1. The number of hydrogen-bond donors (Lipinski definition) is 2. The van der Waals surface area contributed by atoms with Crippen LogP contribution in [-0.4, -0.2) is 10.1 Å². The van der Waals surface area contributed by atoms with Crippen LogP contribution in [-0.2, 0) is 0 Å². The van der Waals surface area contributed by atoms with Crippen LogP contribution in [0.25, 0.3) is 22.2 Å². The van der Waals surface area contributed by atoms with Crippen LogP contribution in [0, 0.1) is 20.8 Å². The summed E-state index contributed by atoms with van der Waals surface area (Å²) in [6.07, 6.45) is 0. The third kappa shape index (κ3) is 2.02. The second-order valence-corrected chi connectivity index (χ2v) is 6.19. The molecule has 0 bridgehead atoms. The van der Waals surface area contributed by atoms with Crippen molar-refractivity contribution in [2.24, 2.45) is 0 Å². The molecule has 0 spiro atoms. The molecule has 20 heavy (non-hydrogen) atoms. The maximum atomic E-state index is 9.91. The van der Waals surface area contributed by atoms with E-state index in [1.54, 1.807) is 0 Å². The third-order valence-corrected chi connectivity index (χ3v) is 4.29. The van der Waals surface area contributed by atoms with E-state index in [4.69, 9.17) is 0 Å². The highest BCUT2D eigenvalue weighted by Gasteiger charge is 2.12. The van der Waals surface area contributed by atoms with Crippen molar-refractivity contribution in [3.05, 3.63) is 51.5 Å². The molecule has 2 nitrogen and oxygen atoms in total. The van der Waals surface area contributed by atoms with Gasteiger partial charge in [-0.1, -0.05) is 22.0 Å². The van der Waals surface area contributed by atoms with E-state index < -0.39 is 0 Å². The van der Waals surface area contributed by atoms with Gasteiger partial charge in [-0.3, -0.25) is 0 Å². The molecule has 0 atom stereocenters. The first-order chi connectivity index (χ1) is 9.47.